The van der Waals surface area contributed by atoms with Crippen molar-refractivity contribution in [3.05, 3.63) is 143 Å². The van der Waals surface area contributed by atoms with E-state index in [-0.39, 0.29) is 70.4 Å². The highest BCUT2D eigenvalue weighted by molar-refractivity contribution is 7.93. The lowest BCUT2D eigenvalue weighted by molar-refractivity contribution is -0.138. The first-order valence-electron chi connectivity index (χ1n) is 23.5. The molecular weight excluding hydrogens is 1020 g/mol. The predicted molar refractivity (Wildman–Crippen MR) is 254 cm³/mol. The summed E-state index contributed by atoms with van der Waals surface area (Å²) >= 11 is 0. The molecule has 24 heteroatoms. The number of alkyl halides is 6. The minimum Gasteiger partial charge on any atom is -0.493 e. The molecule has 2 N–H and O–H groups in total. The molecule has 0 radical (unpaired) electrons. The highest BCUT2D eigenvalue weighted by atomic mass is 32.2. The van der Waals surface area contributed by atoms with Crippen molar-refractivity contribution in [2.24, 2.45) is 0 Å². The number of hydrogen-bond acceptors (Lipinski definition) is 14. The Morgan fingerprint density at radius 1 is 0.473 bits per heavy atom. The number of aromatic nitrogens is 4. The molecular formula is C50H48F6N6O10S2. The molecule has 0 spiro atoms. The summed E-state index contributed by atoms with van der Waals surface area (Å²) in [5.41, 5.74) is 0.934. The van der Waals surface area contributed by atoms with Crippen LogP contribution in [0.25, 0.3) is 0 Å². The van der Waals surface area contributed by atoms with Crippen molar-refractivity contribution in [2.45, 2.75) is 84.7 Å². The minimum atomic E-state index is -4.52. The quantitative estimate of drug-likeness (QED) is 0.110. The molecule has 4 aromatic carbocycles. The summed E-state index contributed by atoms with van der Waals surface area (Å²) in [5, 5.41) is 0. The molecule has 10 rings (SSSR count). The molecule has 0 bridgehead atoms. The Balaban J connectivity index is 0.000000182. The molecule has 6 heterocycles. The van der Waals surface area contributed by atoms with Crippen molar-refractivity contribution in [1.29, 1.82) is 0 Å². The van der Waals surface area contributed by atoms with E-state index >= 15 is 0 Å². The van der Waals surface area contributed by atoms with Crippen LogP contribution in [0.2, 0.25) is 0 Å². The second kappa shape index (κ2) is 22.0. The van der Waals surface area contributed by atoms with Gasteiger partial charge in [0.25, 0.3) is 20.0 Å². The number of fused-ring (bicyclic) bond motifs is 2. The van der Waals surface area contributed by atoms with Crippen molar-refractivity contribution in [3.63, 3.8) is 0 Å². The van der Waals surface area contributed by atoms with E-state index in [1.165, 1.54) is 61.2 Å². The molecule has 6 aromatic rings. The van der Waals surface area contributed by atoms with Gasteiger partial charge in [0.05, 0.1) is 60.6 Å². The summed E-state index contributed by atoms with van der Waals surface area (Å²) in [6.45, 7) is 2.45. The van der Waals surface area contributed by atoms with Gasteiger partial charge in [0.1, 0.15) is 35.2 Å². The van der Waals surface area contributed by atoms with E-state index in [1.807, 2.05) is 0 Å². The summed E-state index contributed by atoms with van der Waals surface area (Å²) < 4.78 is 172. The van der Waals surface area contributed by atoms with Crippen LogP contribution in [0.5, 0.6) is 23.0 Å². The third kappa shape index (κ3) is 12.4. The molecule has 2 atom stereocenters. The maximum absolute atomic E-state index is 13.5. The van der Waals surface area contributed by atoms with E-state index in [9.17, 15) is 43.2 Å². The Bertz CT molecular complexity index is 2940. The molecule has 0 amide bonds. The molecule has 4 aliphatic heterocycles. The molecule has 16 nitrogen and oxygen atoms in total. The van der Waals surface area contributed by atoms with Gasteiger partial charge in [-0.05, 0) is 61.4 Å². The largest absolute Gasteiger partial charge is 0.493 e. The first kappa shape index (κ1) is 52.1. The van der Waals surface area contributed by atoms with Crippen LogP contribution in [0.1, 0.15) is 83.7 Å². The van der Waals surface area contributed by atoms with Crippen LogP contribution >= 0.6 is 0 Å². The van der Waals surface area contributed by atoms with Crippen molar-refractivity contribution in [2.75, 3.05) is 49.1 Å². The van der Waals surface area contributed by atoms with Gasteiger partial charge in [-0.25, -0.2) is 46.2 Å². The second-order valence-corrected chi connectivity index (χ2v) is 20.9. The molecule has 0 saturated carbocycles. The lowest BCUT2D eigenvalue weighted by atomic mass is 9.85. The first-order chi connectivity index (χ1) is 35.4. The van der Waals surface area contributed by atoms with E-state index in [1.54, 1.807) is 24.3 Å². The number of ether oxygens (including phenoxy) is 6. The third-order valence-corrected chi connectivity index (χ3v) is 15.3. The normalized spacial score (nSPS) is 18.5. The lowest BCUT2D eigenvalue weighted by Gasteiger charge is -2.30. The van der Waals surface area contributed by atoms with Crippen LogP contribution in [0, 0.1) is 0 Å². The van der Waals surface area contributed by atoms with Gasteiger partial charge in [0.2, 0.25) is 11.9 Å². The van der Waals surface area contributed by atoms with Gasteiger partial charge in [-0.1, -0.05) is 24.3 Å². The summed E-state index contributed by atoms with van der Waals surface area (Å²) in [4.78, 5) is 15.4. The fourth-order valence-corrected chi connectivity index (χ4v) is 10.9. The molecule has 2 fully saturated rings. The zero-order valence-electron chi connectivity index (χ0n) is 39.1. The molecule has 0 unspecified atom stereocenters. The number of rotatable bonds is 12. The SMILES string of the molecule is O=S(=O)(Nc1ncccn1)c1ccc2c(c1)OCC[C@@H]2c1ccc(C(F)(F)F)cc1OC1CCOCC1.O=S(=O)(Nc1ncccn1)c1ccc2c(c1)OCC[C@H]2c1ccc(C(F)(F)F)cc1OC1CCOCC1. The summed E-state index contributed by atoms with van der Waals surface area (Å²) in [6, 6.07) is 19.1. The van der Waals surface area contributed by atoms with Crippen LogP contribution < -0.4 is 28.4 Å². The van der Waals surface area contributed by atoms with E-state index in [2.05, 4.69) is 29.4 Å². The van der Waals surface area contributed by atoms with Gasteiger partial charge in [-0.3, -0.25) is 0 Å². The van der Waals surface area contributed by atoms with Gasteiger partial charge >= 0.3 is 12.4 Å². The maximum Gasteiger partial charge on any atom is 0.416 e. The molecule has 392 valence electrons. The number of nitrogens with one attached hydrogen (secondary N) is 2. The number of sulfonamides is 2. The van der Waals surface area contributed by atoms with Gasteiger partial charge in [-0.2, -0.15) is 26.3 Å². The predicted octanol–water partition coefficient (Wildman–Crippen LogP) is 9.54. The highest BCUT2D eigenvalue weighted by Gasteiger charge is 2.36. The van der Waals surface area contributed by atoms with Crippen LogP contribution in [-0.4, -0.2) is 88.6 Å². The van der Waals surface area contributed by atoms with Crippen molar-refractivity contribution in [1.82, 2.24) is 19.9 Å². The van der Waals surface area contributed by atoms with Crippen molar-refractivity contribution >= 4 is 31.9 Å². The fourth-order valence-electron chi connectivity index (χ4n) is 8.93. The van der Waals surface area contributed by atoms with Crippen LogP contribution in [0.3, 0.4) is 0 Å². The molecule has 0 aliphatic carbocycles. The van der Waals surface area contributed by atoms with Crippen LogP contribution in [0.4, 0.5) is 38.2 Å². The first-order valence-corrected chi connectivity index (χ1v) is 26.4. The van der Waals surface area contributed by atoms with E-state index in [0.717, 1.165) is 24.3 Å². The number of hydrogen-bond donors (Lipinski definition) is 2. The summed E-state index contributed by atoms with van der Waals surface area (Å²) in [7, 11) is -7.99. The van der Waals surface area contributed by atoms with E-state index in [4.69, 9.17) is 28.4 Å². The highest BCUT2D eigenvalue weighted by Crippen LogP contribution is 2.47. The average molecular weight is 1070 g/mol. The fraction of sp³-hybridized carbons (Fsp3) is 0.360. The molecule has 2 saturated heterocycles. The molecule has 74 heavy (non-hydrogen) atoms. The summed E-state index contributed by atoms with van der Waals surface area (Å²) in [6.07, 6.45) is -0.580. The molecule has 2 aromatic heterocycles. The number of anilines is 2. The van der Waals surface area contributed by atoms with Gasteiger partial charge in [0.15, 0.2) is 0 Å². The monoisotopic (exact) mass is 1070 g/mol. The van der Waals surface area contributed by atoms with Crippen molar-refractivity contribution in [3.8, 4) is 23.0 Å². The minimum absolute atomic E-state index is 0.0505. The maximum atomic E-state index is 13.5. The average Bonchev–Trinajstić information content (AvgIpc) is 3.39. The Kier molecular flexibility index (Phi) is 15.5. The summed E-state index contributed by atoms with van der Waals surface area (Å²) in [5.74, 6) is 0.178. The smallest absolute Gasteiger partial charge is 0.416 e. The number of halogens is 6. The second-order valence-electron chi connectivity index (χ2n) is 17.5. The van der Waals surface area contributed by atoms with E-state index < -0.39 is 43.5 Å². The van der Waals surface area contributed by atoms with E-state index in [0.29, 0.717) is 98.7 Å². The Morgan fingerprint density at radius 2 is 0.838 bits per heavy atom. The zero-order chi connectivity index (χ0) is 52.1. The lowest BCUT2D eigenvalue weighted by Crippen LogP contribution is -2.27. The topological polar surface area (TPSA) is 199 Å². The van der Waals surface area contributed by atoms with Gasteiger partial charge in [0, 0.05) is 96.7 Å². The Morgan fingerprint density at radius 3 is 1.20 bits per heavy atom. The van der Waals surface area contributed by atoms with Gasteiger partial charge < -0.3 is 28.4 Å². The molecule has 4 aliphatic rings. The van der Waals surface area contributed by atoms with Crippen LogP contribution in [-0.2, 0) is 41.9 Å². The number of nitrogens with zero attached hydrogens (tertiary/aromatic N) is 4. The Labute approximate surface area is 421 Å². The van der Waals surface area contributed by atoms with Crippen LogP contribution in [0.15, 0.2) is 120 Å². The number of benzene rings is 4. The third-order valence-electron chi connectivity index (χ3n) is 12.6. The van der Waals surface area contributed by atoms with Crippen molar-refractivity contribution < 1.29 is 71.6 Å². The van der Waals surface area contributed by atoms with Gasteiger partial charge in [-0.15, -0.1) is 0 Å². The standard InChI is InChI=1S/2C25H24F3N3O5S/c2*26-25(27,28)16-2-4-21(23(14-16)36-17-6-11-34-12-7-17)19-8-13-35-22-15-18(3-5-20(19)22)37(32,33)31-24-29-9-1-10-30-24/h2*1-5,9-10,14-15,17,19H,6-8,11-13H2,(H,29,30,31)/t2*19-/m10/s1. The Hall–Kier alpha value is -6.76. The zero-order valence-corrected chi connectivity index (χ0v) is 40.8.